The lowest BCUT2D eigenvalue weighted by atomic mass is 9.93. The Labute approximate surface area is 105 Å². The van der Waals surface area contributed by atoms with Gasteiger partial charge in [-0.1, -0.05) is 0 Å². The molecule has 98 valence electrons. The number of nitrogens with zero attached hydrogens (tertiary/aromatic N) is 2. The van der Waals surface area contributed by atoms with Gasteiger partial charge in [-0.15, -0.1) is 0 Å². The Morgan fingerprint density at radius 2 is 1.59 bits per heavy atom. The van der Waals surface area contributed by atoms with E-state index in [-0.39, 0.29) is 0 Å². The lowest BCUT2D eigenvalue weighted by Gasteiger charge is -2.37. The normalized spacial score (nSPS) is 24.3. The molecule has 3 heteroatoms. The predicted molar refractivity (Wildman–Crippen MR) is 69.9 cm³/mol. The third-order valence-corrected chi connectivity index (χ3v) is 4.28. The summed E-state index contributed by atoms with van der Waals surface area (Å²) in [6.45, 7) is 8.69. The van der Waals surface area contributed by atoms with E-state index < -0.39 is 0 Å². The molecule has 0 aromatic rings. The van der Waals surface area contributed by atoms with Crippen molar-refractivity contribution in [3.8, 4) is 0 Å². The average Bonchev–Trinajstić information content (AvgIpc) is 2.39. The number of hydrogen-bond donors (Lipinski definition) is 0. The minimum Gasteiger partial charge on any atom is -0.342 e. The molecule has 0 unspecified atom stereocenters. The van der Waals surface area contributed by atoms with Crippen molar-refractivity contribution in [3.05, 3.63) is 0 Å². The summed E-state index contributed by atoms with van der Waals surface area (Å²) in [6.07, 6.45) is 5.84. The van der Waals surface area contributed by atoms with E-state index in [0.29, 0.717) is 17.9 Å². The van der Waals surface area contributed by atoms with Crippen LogP contribution in [0.4, 0.5) is 0 Å². The number of carbonyl (C=O) groups is 1. The van der Waals surface area contributed by atoms with Crippen molar-refractivity contribution in [1.29, 1.82) is 0 Å². The molecule has 0 spiro atoms. The first-order chi connectivity index (χ1) is 8.18. The van der Waals surface area contributed by atoms with E-state index in [4.69, 9.17) is 0 Å². The van der Waals surface area contributed by atoms with Crippen molar-refractivity contribution in [3.63, 3.8) is 0 Å². The second-order valence-electron chi connectivity index (χ2n) is 5.79. The Morgan fingerprint density at radius 3 is 2.12 bits per heavy atom. The summed E-state index contributed by atoms with van der Waals surface area (Å²) in [5.74, 6) is 0.746. The summed E-state index contributed by atoms with van der Waals surface area (Å²) < 4.78 is 0. The minimum absolute atomic E-state index is 0.308. The lowest BCUT2D eigenvalue weighted by Crippen LogP contribution is -2.45. The van der Waals surface area contributed by atoms with E-state index in [1.54, 1.807) is 0 Å². The van der Waals surface area contributed by atoms with Crippen molar-refractivity contribution in [2.75, 3.05) is 26.2 Å². The fourth-order valence-electron chi connectivity index (χ4n) is 3.04. The molecule has 2 rings (SSSR count). The molecule has 0 aliphatic carbocycles. The van der Waals surface area contributed by atoms with E-state index in [1.807, 2.05) is 0 Å². The van der Waals surface area contributed by atoms with Crippen molar-refractivity contribution in [2.24, 2.45) is 5.92 Å². The number of amides is 1. The van der Waals surface area contributed by atoms with Gasteiger partial charge in [-0.2, -0.15) is 0 Å². The first-order valence-corrected chi connectivity index (χ1v) is 7.21. The van der Waals surface area contributed by atoms with Crippen LogP contribution in [0.5, 0.6) is 0 Å². The average molecular weight is 238 g/mol. The van der Waals surface area contributed by atoms with Crippen LogP contribution in [0.1, 0.15) is 46.0 Å². The van der Waals surface area contributed by atoms with Gasteiger partial charge in [0.1, 0.15) is 0 Å². The molecule has 0 bridgehead atoms. The van der Waals surface area contributed by atoms with E-state index in [2.05, 4.69) is 23.6 Å². The van der Waals surface area contributed by atoms with Crippen LogP contribution in [0.2, 0.25) is 0 Å². The molecule has 3 nitrogen and oxygen atoms in total. The lowest BCUT2D eigenvalue weighted by molar-refractivity contribution is -0.138. The second kappa shape index (κ2) is 5.85. The smallest absolute Gasteiger partial charge is 0.225 e. The van der Waals surface area contributed by atoms with Crippen LogP contribution in [-0.4, -0.2) is 47.9 Å². The van der Waals surface area contributed by atoms with Gasteiger partial charge < -0.3 is 9.80 Å². The van der Waals surface area contributed by atoms with Crippen LogP contribution in [0.15, 0.2) is 0 Å². The summed E-state index contributed by atoms with van der Waals surface area (Å²) in [6, 6.07) is 0.626. The van der Waals surface area contributed by atoms with Crippen molar-refractivity contribution >= 4 is 5.91 Å². The fourth-order valence-corrected chi connectivity index (χ4v) is 3.04. The van der Waals surface area contributed by atoms with E-state index >= 15 is 0 Å². The van der Waals surface area contributed by atoms with E-state index in [9.17, 15) is 4.79 Å². The van der Waals surface area contributed by atoms with Gasteiger partial charge in [0.05, 0.1) is 0 Å². The molecule has 0 radical (unpaired) electrons. The molecule has 1 amide bonds. The Morgan fingerprint density at radius 1 is 1.00 bits per heavy atom. The number of hydrogen-bond acceptors (Lipinski definition) is 2. The summed E-state index contributed by atoms with van der Waals surface area (Å²) in [4.78, 5) is 16.9. The van der Waals surface area contributed by atoms with Gasteiger partial charge >= 0.3 is 0 Å². The largest absolute Gasteiger partial charge is 0.342 e. The van der Waals surface area contributed by atoms with Crippen LogP contribution in [-0.2, 0) is 4.79 Å². The van der Waals surface area contributed by atoms with Gasteiger partial charge in [-0.3, -0.25) is 4.79 Å². The molecule has 0 aromatic carbocycles. The SMILES string of the molecule is CC(C)N1CCC(C(=O)N2CCCCC2)CC1. The van der Waals surface area contributed by atoms with E-state index in [1.165, 1.54) is 19.3 Å². The summed E-state index contributed by atoms with van der Waals surface area (Å²) in [5, 5.41) is 0. The van der Waals surface area contributed by atoms with Crippen molar-refractivity contribution in [1.82, 2.24) is 9.80 Å². The number of rotatable bonds is 2. The summed E-state index contributed by atoms with van der Waals surface area (Å²) in [5.41, 5.74) is 0. The molecule has 2 saturated heterocycles. The van der Waals surface area contributed by atoms with Gasteiger partial charge in [-0.25, -0.2) is 0 Å². The molecule has 0 atom stereocenters. The molecule has 17 heavy (non-hydrogen) atoms. The number of likely N-dealkylation sites (tertiary alicyclic amines) is 2. The highest BCUT2D eigenvalue weighted by molar-refractivity contribution is 5.79. The fraction of sp³-hybridized carbons (Fsp3) is 0.929. The van der Waals surface area contributed by atoms with Crippen LogP contribution >= 0.6 is 0 Å². The Kier molecular flexibility index (Phi) is 4.43. The zero-order chi connectivity index (χ0) is 12.3. The predicted octanol–water partition coefficient (Wildman–Crippen LogP) is 2.12. The molecule has 2 fully saturated rings. The summed E-state index contributed by atoms with van der Waals surface area (Å²) in [7, 11) is 0. The molecule has 2 heterocycles. The molecular weight excluding hydrogens is 212 g/mol. The van der Waals surface area contributed by atoms with Gasteiger partial charge in [0.25, 0.3) is 0 Å². The standard InChI is InChI=1S/C14H26N2O/c1-12(2)15-10-6-13(7-11-15)14(17)16-8-4-3-5-9-16/h12-13H,3-11H2,1-2H3. The quantitative estimate of drug-likeness (QED) is 0.735. The first kappa shape index (κ1) is 12.9. The molecular formula is C14H26N2O. The molecule has 0 N–H and O–H groups in total. The van der Waals surface area contributed by atoms with Gasteiger partial charge in [0, 0.05) is 25.0 Å². The monoisotopic (exact) mass is 238 g/mol. The maximum Gasteiger partial charge on any atom is 0.225 e. The zero-order valence-corrected chi connectivity index (χ0v) is 11.3. The third kappa shape index (κ3) is 3.21. The van der Waals surface area contributed by atoms with Crippen LogP contribution in [0.25, 0.3) is 0 Å². The zero-order valence-electron chi connectivity index (χ0n) is 11.3. The first-order valence-electron chi connectivity index (χ1n) is 7.21. The topological polar surface area (TPSA) is 23.6 Å². The summed E-state index contributed by atoms with van der Waals surface area (Å²) >= 11 is 0. The molecule has 0 aromatic heterocycles. The highest BCUT2D eigenvalue weighted by Gasteiger charge is 2.29. The highest BCUT2D eigenvalue weighted by Crippen LogP contribution is 2.22. The molecule has 2 aliphatic heterocycles. The maximum atomic E-state index is 12.3. The van der Waals surface area contributed by atoms with Crippen LogP contribution in [0, 0.1) is 5.92 Å². The van der Waals surface area contributed by atoms with Crippen molar-refractivity contribution in [2.45, 2.75) is 52.0 Å². The Hall–Kier alpha value is -0.570. The van der Waals surface area contributed by atoms with Crippen molar-refractivity contribution < 1.29 is 4.79 Å². The number of carbonyl (C=O) groups excluding carboxylic acids is 1. The second-order valence-corrected chi connectivity index (χ2v) is 5.79. The highest BCUT2D eigenvalue weighted by atomic mass is 16.2. The molecule has 2 aliphatic rings. The van der Waals surface area contributed by atoms with Gasteiger partial charge in [-0.05, 0) is 59.0 Å². The third-order valence-electron chi connectivity index (χ3n) is 4.28. The van der Waals surface area contributed by atoms with Gasteiger partial charge in [0.2, 0.25) is 5.91 Å². The van der Waals surface area contributed by atoms with Gasteiger partial charge in [0.15, 0.2) is 0 Å². The Bertz CT molecular complexity index is 251. The number of piperidine rings is 2. The Balaban J connectivity index is 1.81. The van der Waals surface area contributed by atoms with E-state index in [0.717, 1.165) is 39.0 Å². The maximum absolute atomic E-state index is 12.3. The molecule has 0 saturated carbocycles. The van der Waals surface area contributed by atoms with Crippen LogP contribution < -0.4 is 0 Å². The minimum atomic E-state index is 0.308. The van der Waals surface area contributed by atoms with Crippen LogP contribution in [0.3, 0.4) is 0 Å².